The first-order valence-electron chi connectivity index (χ1n) is 4.39. The number of hydrogen-bond acceptors (Lipinski definition) is 2. The lowest BCUT2D eigenvalue weighted by Crippen LogP contribution is -2.13. The number of nitrogens with one attached hydrogen (secondary N) is 1. The van der Waals surface area contributed by atoms with Crippen LogP contribution in [0.25, 0.3) is 0 Å². The third-order valence-electron chi connectivity index (χ3n) is 1.65. The molecule has 0 saturated carbocycles. The van der Waals surface area contributed by atoms with E-state index in [2.05, 4.69) is 5.09 Å². The summed E-state index contributed by atoms with van der Waals surface area (Å²) in [4.78, 5) is 9.78. The van der Waals surface area contributed by atoms with Crippen LogP contribution in [0.4, 0.5) is 0 Å². The van der Waals surface area contributed by atoms with E-state index in [-0.39, 0.29) is 25.8 Å². The second-order valence-electron chi connectivity index (χ2n) is 2.92. The molecule has 96 valence electrons. The Morgan fingerprint density at radius 1 is 1.29 bits per heavy atom. The van der Waals surface area contributed by atoms with E-state index in [4.69, 9.17) is 62.7 Å². The van der Waals surface area contributed by atoms with E-state index in [1.165, 1.54) is 6.07 Å². The fraction of sp³-hybridized carbons (Fsp3) is 0.250. The summed E-state index contributed by atoms with van der Waals surface area (Å²) in [6.07, 6.45) is 0. The molecule has 17 heavy (non-hydrogen) atoms. The van der Waals surface area contributed by atoms with Crippen molar-refractivity contribution in [2.24, 2.45) is 0 Å². The van der Waals surface area contributed by atoms with Gasteiger partial charge in [-0.1, -0.05) is 53.3 Å². The van der Waals surface area contributed by atoms with Crippen LogP contribution in [0.1, 0.15) is 6.92 Å². The van der Waals surface area contributed by atoms with Gasteiger partial charge in [-0.05, 0) is 17.9 Å². The van der Waals surface area contributed by atoms with E-state index in [1.54, 1.807) is 6.92 Å². The molecule has 0 aromatic heterocycles. The lowest BCUT2D eigenvalue weighted by Gasteiger charge is -2.19. The average molecular weight is 355 g/mol. The van der Waals surface area contributed by atoms with E-state index < -0.39 is 6.64 Å². The molecule has 0 radical (unpaired) electrons. The summed E-state index contributed by atoms with van der Waals surface area (Å²) in [5.74, 6) is 0.0227. The predicted molar refractivity (Wildman–Crippen MR) is 77.3 cm³/mol. The van der Waals surface area contributed by atoms with Crippen LogP contribution in [0.15, 0.2) is 6.07 Å². The molecule has 0 bridgehead atoms. The number of rotatable bonds is 4. The van der Waals surface area contributed by atoms with Crippen molar-refractivity contribution in [3.63, 3.8) is 0 Å². The van der Waals surface area contributed by atoms with Crippen LogP contribution < -0.4 is 9.61 Å². The maximum atomic E-state index is 9.78. The lowest BCUT2D eigenvalue weighted by molar-refractivity contribution is 0.468. The van der Waals surface area contributed by atoms with Crippen LogP contribution in [0.2, 0.25) is 20.1 Å². The minimum atomic E-state index is -3.19. The highest BCUT2D eigenvalue weighted by Gasteiger charge is 2.21. The molecule has 1 rings (SSSR count). The van der Waals surface area contributed by atoms with Gasteiger partial charge in [0.05, 0.1) is 15.1 Å². The zero-order valence-corrected chi connectivity index (χ0v) is 13.2. The quantitative estimate of drug-likeness (QED) is 0.474. The summed E-state index contributed by atoms with van der Waals surface area (Å²) in [5, 5.41) is 3.07. The third kappa shape index (κ3) is 4.12. The van der Waals surface area contributed by atoms with Crippen LogP contribution in [-0.4, -0.2) is 11.4 Å². The van der Waals surface area contributed by atoms with Crippen molar-refractivity contribution in [1.82, 2.24) is 5.09 Å². The summed E-state index contributed by atoms with van der Waals surface area (Å²) in [7, 11) is 0. The third-order valence-corrected chi connectivity index (χ3v) is 4.93. The minimum Gasteiger partial charge on any atom is -0.430 e. The van der Waals surface area contributed by atoms with Crippen molar-refractivity contribution >= 4 is 64.9 Å². The molecule has 0 spiro atoms. The zero-order chi connectivity index (χ0) is 13.2. The van der Waals surface area contributed by atoms with Crippen LogP contribution in [0.5, 0.6) is 5.75 Å². The molecule has 0 aliphatic carbocycles. The van der Waals surface area contributed by atoms with Gasteiger partial charge in [-0.25, -0.2) is 5.09 Å². The summed E-state index contributed by atoms with van der Waals surface area (Å²) in [6.45, 7) is -0.965. The van der Waals surface area contributed by atoms with Gasteiger partial charge in [0.1, 0.15) is 5.02 Å². The standard InChI is InChI=1S/C8H8Cl4NO2PS/c1-2-13-16(14,17)15-8-5(10)3-4(9)6(11)7(8)12/h3H,2H2,1H3,(H2,13,14,17). The molecule has 0 aliphatic heterocycles. The highest BCUT2D eigenvalue weighted by atomic mass is 35.5. The Bertz CT molecular complexity index is 485. The van der Waals surface area contributed by atoms with Gasteiger partial charge in [0.2, 0.25) is 0 Å². The Kier molecular flexibility index (Phi) is 5.83. The Hall–Kier alpha value is 0.750. The van der Waals surface area contributed by atoms with Crippen molar-refractivity contribution in [2.45, 2.75) is 6.92 Å². The lowest BCUT2D eigenvalue weighted by atomic mass is 10.3. The van der Waals surface area contributed by atoms with Gasteiger partial charge in [0, 0.05) is 6.54 Å². The first kappa shape index (κ1) is 15.8. The molecular weight excluding hydrogens is 347 g/mol. The van der Waals surface area contributed by atoms with E-state index in [1.807, 2.05) is 0 Å². The largest absolute Gasteiger partial charge is 0.430 e. The van der Waals surface area contributed by atoms with Crippen LogP contribution in [0, 0.1) is 0 Å². The number of halogens is 4. The molecule has 9 heteroatoms. The van der Waals surface area contributed by atoms with Crippen molar-refractivity contribution in [3.8, 4) is 5.75 Å². The van der Waals surface area contributed by atoms with Gasteiger partial charge in [0.15, 0.2) is 5.75 Å². The Morgan fingerprint density at radius 2 is 1.88 bits per heavy atom. The van der Waals surface area contributed by atoms with Crippen LogP contribution >= 0.6 is 53.0 Å². The van der Waals surface area contributed by atoms with Crippen molar-refractivity contribution in [3.05, 3.63) is 26.2 Å². The molecule has 0 heterocycles. The Balaban J connectivity index is 3.16. The van der Waals surface area contributed by atoms with Crippen molar-refractivity contribution in [2.75, 3.05) is 6.54 Å². The van der Waals surface area contributed by atoms with E-state index >= 15 is 0 Å². The molecular formula is C8H8Cl4NO2PS. The zero-order valence-electron chi connectivity index (χ0n) is 8.51. The predicted octanol–water partition coefficient (Wildman–Crippen LogP) is 4.51. The van der Waals surface area contributed by atoms with Gasteiger partial charge >= 0.3 is 6.64 Å². The fourth-order valence-electron chi connectivity index (χ4n) is 0.989. The molecule has 1 unspecified atom stereocenters. The monoisotopic (exact) mass is 353 g/mol. The normalized spacial score (nSPS) is 14.5. The molecule has 2 N–H and O–H groups in total. The number of hydrogen-bond donors (Lipinski definition) is 2. The molecule has 1 atom stereocenters. The average Bonchev–Trinajstić information content (AvgIpc) is 2.21. The first-order valence-corrected chi connectivity index (χ1v) is 8.57. The molecule has 0 amide bonds. The van der Waals surface area contributed by atoms with E-state index in [0.717, 1.165) is 0 Å². The first-order chi connectivity index (χ1) is 7.78. The summed E-state index contributed by atoms with van der Waals surface area (Å²) in [6, 6.07) is 1.37. The van der Waals surface area contributed by atoms with Crippen molar-refractivity contribution < 1.29 is 9.42 Å². The minimum absolute atomic E-state index is 0.0188. The van der Waals surface area contributed by atoms with Crippen LogP contribution in [-0.2, 0) is 11.8 Å². The summed E-state index contributed by atoms with van der Waals surface area (Å²) in [5.41, 5.74) is 0. The molecule has 1 aromatic rings. The van der Waals surface area contributed by atoms with E-state index in [9.17, 15) is 4.89 Å². The maximum Gasteiger partial charge on any atom is 0.310 e. The van der Waals surface area contributed by atoms with Gasteiger partial charge in [0.25, 0.3) is 0 Å². The highest BCUT2D eigenvalue weighted by Crippen LogP contribution is 2.49. The van der Waals surface area contributed by atoms with Gasteiger partial charge < -0.3 is 9.42 Å². The fourth-order valence-corrected chi connectivity index (χ4v) is 3.59. The Labute approximate surface area is 124 Å². The smallest absolute Gasteiger partial charge is 0.310 e. The molecule has 0 fully saturated rings. The maximum absolute atomic E-state index is 9.78. The molecule has 0 aliphatic rings. The van der Waals surface area contributed by atoms with Gasteiger partial charge in [-0.2, -0.15) is 0 Å². The second kappa shape index (κ2) is 6.27. The van der Waals surface area contributed by atoms with Gasteiger partial charge in [-0.3, -0.25) is 0 Å². The Morgan fingerprint density at radius 3 is 2.41 bits per heavy atom. The summed E-state index contributed by atoms with van der Waals surface area (Å²) >= 11 is 28.3. The van der Waals surface area contributed by atoms with Crippen molar-refractivity contribution in [1.29, 1.82) is 0 Å². The topological polar surface area (TPSA) is 41.5 Å². The molecule has 0 saturated heterocycles. The SMILES string of the molecule is CCNP(O)(=S)Oc1c(Cl)cc(Cl)c(Cl)c1Cl. The summed E-state index contributed by atoms with van der Waals surface area (Å²) < 4.78 is 5.20. The molecule has 1 aromatic carbocycles. The number of benzene rings is 1. The van der Waals surface area contributed by atoms with Gasteiger partial charge in [-0.15, -0.1) is 0 Å². The van der Waals surface area contributed by atoms with E-state index in [0.29, 0.717) is 6.54 Å². The van der Waals surface area contributed by atoms with Crippen LogP contribution in [0.3, 0.4) is 0 Å². The highest BCUT2D eigenvalue weighted by molar-refractivity contribution is 8.08. The molecule has 3 nitrogen and oxygen atoms in total. The second-order valence-corrected chi connectivity index (χ2v) is 7.52.